The van der Waals surface area contributed by atoms with E-state index < -0.39 is 0 Å². The Morgan fingerprint density at radius 1 is 1.45 bits per heavy atom. The van der Waals surface area contributed by atoms with Gasteiger partial charge in [0, 0.05) is 6.04 Å². The second kappa shape index (κ2) is 4.10. The fraction of sp³-hybridized carbons (Fsp3) is 1.00. The van der Waals surface area contributed by atoms with Crippen molar-refractivity contribution in [3.8, 4) is 0 Å². The predicted octanol–water partition coefficient (Wildman–Crippen LogP) is 2.52. The lowest BCUT2D eigenvalue weighted by Gasteiger charge is -2.19. The van der Waals surface area contributed by atoms with Crippen LogP contribution in [-0.2, 0) is 0 Å². The second-order valence-electron chi connectivity index (χ2n) is 4.25. The number of nitrogens with zero attached hydrogens (tertiary/aromatic N) is 1. The minimum Gasteiger partial charge on any atom is -0.303 e. The van der Waals surface area contributed by atoms with E-state index in [0.29, 0.717) is 0 Å². The summed E-state index contributed by atoms with van der Waals surface area (Å²) in [6.45, 7) is 5.95. The highest BCUT2D eigenvalue weighted by atomic mass is 15.1. The van der Waals surface area contributed by atoms with Crippen molar-refractivity contribution in [3.63, 3.8) is 0 Å². The molecule has 0 aliphatic carbocycles. The van der Waals surface area contributed by atoms with E-state index in [9.17, 15) is 0 Å². The summed E-state index contributed by atoms with van der Waals surface area (Å²) >= 11 is 0. The van der Waals surface area contributed by atoms with Crippen LogP contribution >= 0.6 is 0 Å². The molecule has 1 rings (SSSR count). The highest BCUT2D eigenvalue weighted by Gasteiger charge is 2.19. The smallest absolute Gasteiger partial charge is 0.00927 e. The third kappa shape index (κ3) is 2.82. The molecule has 0 N–H and O–H groups in total. The average Bonchev–Trinajstić information content (AvgIpc) is 2.31. The van der Waals surface area contributed by atoms with Crippen LogP contribution in [0.15, 0.2) is 0 Å². The van der Waals surface area contributed by atoms with Gasteiger partial charge in [-0.05, 0) is 45.2 Å². The van der Waals surface area contributed by atoms with Gasteiger partial charge in [0.1, 0.15) is 0 Å². The lowest BCUT2D eigenvalue weighted by molar-refractivity contribution is 0.282. The number of rotatable bonds is 3. The quantitative estimate of drug-likeness (QED) is 0.605. The summed E-state index contributed by atoms with van der Waals surface area (Å²) in [5, 5.41) is 0. The first-order valence-electron chi connectivity index (χ1n) is 4.90. The molecule has 1 aliphatic heterocycles. The van der Waals surface area contributed by atoms with Gasteiger partial charge in [-0.25, -0.2) is 0 Å². The molecule has 0 amide bonds. The Kier molecular flexibility index (Phi) is 3.38. The molecule has 0 aromatic heterocycles. The lowest BCUT2D eigenvalue weighted by atomic mass is 10.0. The van der Waals surface area contributed by atoms with Gasteiger partial charge >= 0.3 is 0 Å². The molecule has 0 radical (unpaired) electrons. The Balaban J connectivity index is 2.15. The summed E-state index contributed by atoms with van der Waals surface area (Å²) in [5.74, 6) is 0.879. The maximum atomic E-state index is 2.52. The standard InChI is InChI=1S/C10H21N/c1-9(2)6-7-10-5-4-8-11(10)3/h9-10H,4-8H2,1-3H3/t10-/m0/s1. The van der Waals surface area contributed by atoms with Crippen LogP contribution in [-0.4, -0.2) is 24.5 Å². The summed E-state index contributed by atoms with van der Waals surface area (Å²) in [7, 11) is 2.26. The molecule has 1 fully saturated rings. The molecule has 0 unspecified atom stereocenters. The Hall–Kier alpha value is -0.0400. The minimum atomic E-state index is 0.879. The van der Waals surface area contributed by atoms with E-state index in [1.54, 1.807) is 0 Å². The van der Waals surface area contributed by atoms with Crippen LogP contribution in [0.5, 0.6) is 0 Å². The van der Waals surface area contributed by atoms with Crippen LogP contribution in [0.3, 0.4) is 0 Å². The van der Waals surface area contributed by atoms with Crippen molar-refractivity contribution in [3.05, 3.63) is 0 Å². The minimum absolute atomic E-state index is 0.879. The third-order valence-corrected chi connectivity index (χ3v) is 2.75. The van der Waals surface area contributed by atoms with Crippen molar-refractivity contribution in [1.29, 1.82) is 0 Å². The van der Waals surface area contributed by atoms with Crippen LogP contribution in [0.4, 0.5) is 0 Å². The van der Waals surface area contributed by atoms with Gasteiger partial charge in [-0.2, -0.15) is 0 Å². The van der Waals surface area contributed by atoms with Crippen LogP contribution in [0, 0.1) is 5.92 Å². The summed E-state index contributed by atoms with van der Waals surface area (Å²) in [6.07, 6.45) is 5.66. The molecule has 0 aromatic rings. The zero-order valence-corrected chi connectivity index (χ0v) is 8.14. The highest BCUT2D eigenvalue weighted by Crippen LogP contribution is 2.20. The average molecular weight is 155 g/mol. The summed E-state index contributed by atoms with van der Waals surface area (Å²) in [6, 6.07) is 0.900. The van der Waals surface area contributed by atoms with Gasteiger partial charge in [0.05, 0.1) is 0 Å². The van der Waals surface area contributed by atoms with Gasteiger partial charge in [0.2, 0.25) is 0 Å². The number of hydrogen-bond acceptors (Lipinski definition) is 1. The van der Waals surface area contributed by atoms with Gasteiger partial charge in [0.25, 0.3) is 0 Å². The summed E-state index contributed by atoms with van der Waals surface area (Å²) < 4.78 is 0. The molecule has 11 heavy (non-hydrogen) atoms. The molecule has 1 saturated heterocycles. The molecule has 0 aromatic carbocycles. The fourth-order valence-electron chi connectivity index (χ4n) is 1.87. The Morgan fingerprint density at radius 2 is 2.18 bits per heavy atom. The third-order valence-electron chi connectivity index (χ3n) is 2.75. The van der Waals surface area contributed by atoms with Gasteiger partial charge in [-0.3, -0.25) is 0 Å². The molecule has 66 valence electrons. The number of hydrogen-bond donors (Lipinski definition) is 0. The predicted molar refractivity (Wildman–Crippen MR) is 49.7 cm³/mol. The van der Waals surface area contributed by atoms with E-state index in [1.807, 2.05) is 0 Å². The monoisotopic (exact) mass is 155 g/mol. The molecular formula is C10H21N. The molecule has 1 heterocycles. The first kappa shape index (κ1) is 9.05. The van der Waals surface area contributed by atoms with E-state index in [2.05, 4.69) is 25.8 Å². The van der Waals surface area contributed by atoms with Crippen molar-refractivity contribution >= 4 is 0 Å². The second-order valence-corrected chi connectivity index (χ2v) is 4.25. The zero-order valence-electron chi connectivity index (χ0n) is 8.14. The van der Waals surface area contributed by atoms with Gasteiger partial charge in [-0.15, -0.1) is 0 Å². The van der Waals surface area contributed by atoms with Crippen molar-refractivity contribution in [1.82, 2.24) is 4.90 Å². The normalized spacial score (nSPS) is 26.7. The fourth-order valence-corrected chi connectivity index (χ4v) is 1.87. The molecular weight excluding hydrogens is 134 g/mol. The molecule has 1 nitrogen and oxygen atoms in total. The van der Waals surface area contributed by atoms with Crippen molar-refractivity contribution in [2.45, 2.75) is 45.6 Å². The van der Waals surface area contributed by atoms with Gasteiger partial charge in [-0.1, -0.05) is 13.8 Å². The largest absolute Gasteiger partial charge is 0.303 e. The maximum absolute atomic E-state index is 2.52. The molecule has 0 spiro atoms. The van der Waals surface area contributed by atoms with Gasteiger partial charge < -0.3 is 4.90 Å². The first-order chi connectivity index (χ1) is 5.20. The van der Waals surface area contributed by atoms with Crippen molar-refractivity contribution < 1.29 is 0 Å². The topological polar surface area (TPSA) is 3.24 Å². The zero-order chi connectivity index (χ0) is 8.27. The molecule has 1 atom stereocenters. The SMILES string of the molecule is CC(C)CC[C@@H]1CCCN1C. The highest BCUT2D eigenvalue weighted by molar-refractivity contribution is 4.76. The molecule has 0 bridgehead atoms. The van der Waals surface area contributed by atoms with Crippen LogP contribution < -0.4 is 0 Å². The summed E-state index contributed by atoms with van der Waals surface area (Å²) in [5.41, 5.74) is 0. The van der Waals surface area contributed by atoms with E-state index in [1.165, 1.54) is 32.2 Å². The summed E-state index contributed by atoms with van der Waals surface area (Å²) in [4.78, 5) is 2.52. The lowest BCUT2D eigenvalue weighted by Crippen LogP contribution is -2.24. The van der Waals surface area contributed by atoms with E-state index in [4.69, 9.17) is 0 Å². The first-order valence-corrected chi connectivity index (χ1v) is 4.90. The van der Waals surface area contributed by atoms with Crippen LogP contribution in [0.2, 0.25) is 0 Å². The number of likely N-dealkylation sites (tertiary alicyclic amines) is 1. The molecule has 0 saturated carbocycles. The van der Waals surface area contributed by atoms with Gasteiger partial charge in [0.15, 0.2) is 0 Å². The maximum Gasteiger partial charge on any atom is 0.00927 e. The van der Waals surface area contributed by atoms with E-state index >= 15 is 0 Å². The Labute approximate surface area is 70.8 Å². The van der Waals surface area contributed by atoms with Crippen molar-refractivity contribution in [2.24, 2.45) is 5.92 Å². The van der Waals surface area contributed by atoms with Crippen molar-refractivity contribution in [2.75, 3.05) is 13.6 Å². The van der Waals surface area contributed by atoms with E-state index in [0.717, 1.165) is 12.0 Å². The molecule has 1 heteroatoms. The molecule has 1 aliphatic rings. The van der Waals surface area contributed by atoms with E-state index in [-0.39, 0.29) is 0 Å². The Morgan fingerprint density at radius 3 is 2.64 bits per heavy atom. The van der Waals surface area contributed by atoms with Crippen LogP contribution in [0.1, 0.15) is 39.5 Å². The Bertz CT molecular complexity index is 109. The van der Waals surface area contributed by atoms with Crippen LogP contribution in [0.25, 0.3) is 0 Å².